The Bertz CT molecular complexity index is 258. The summed E-state index contributed by atoms with van der Waals surface area (Å²) in [6.45, 7) is 5.42. The Kier molecular flexibility index (Phi) is 7.27. The van der Waals surface area contributed by atoms with E-state index < -0.39 is 11.5 Å². The molecule has 0 aliphatic rings. The minimum Gasteiger partial charge on any atom is -0.469 e. The fourth-order valence-corrected chi connectivity index (χ4v) is 1.83. The Morgan fingerprint density at radius 2 is 1.88 bits per heavy atom. The van der Waals surface area contributed by atoms with Gasteiger partial charge in [0, 0.05) is 0 Å². The zero-order chi connectivity index (χ0) is 13.5. The van der Waals surface area contributed by atoms with Crippen LogP contribution in [0.25, 0.3) is 0 Å². The molecule has 0 saturated heterocycles. The summed E-state index contributed by atoms with van der Waals surface area (Å²) in [6.07, 6.45) is 2.68. The molecule has 0 bridgehead atoms. The molecule has 0 aromatic rings. The van der Waals surface area contributed by atoms with Gasteiger partial charge in [-0.2, -0.15) is 11.8 Å². The number of thioether (sulfide) groups is 1. The number of methoxy groups -OCH3 is 1. The van der Waals surface area contributed by atoms with Gasteiger partial charge in [-0.3, -0.25) is 9.59 Å². The molecule has 1 atom stereocenters. The van der Waals surface area contributed by atoms with Crippen molar-refractivity contribution in [3.05, 3.63) is 0 Å². The highest BCUT2D eigenvalue weighted by molar-refractivity contribution is 7.98. The van der Waals surface area contributed by atoms with Gasteiger partial charge >= 0.3 is 11.9 Å². The van der Waals surface area contributed by atoms with Gasteiger partial charge in [0.25, 0.3) is 0 Å². The molecule has 0 aliphatic carbocycles. The lowest BCUT2D eigenvalue weighted by atomic mass is 10.0. The molecule has 4 nitrogen and oxygen atoms in total. The average Bonchev–Trinajstić information content (AvgIpc) is 2.20. The SMILES string of the molecule is COC(=O)[C@@H](CCSC)CC(=O)OC(C)(C)C. The number of carbonyl (C=O) groups is 2. The van der Waals surface area contributed by atoms with Crippen LogP contribution >= 0.6 is 11.8 Å². The van der Waals surface area contributed by atoms with Crippen molar-refractivity contribution in [3.63, 3.8) is 0 Å². The van der Waals surface area contributed by atoms with Crippen LogP contribution in [0, 0.1) is 5.92 Å². The summed E-state index contributed by atoms with van der Waals surface area (Å²) in [5.74, 6) is -0.274. The molecule has 0 unspecified atom stereocenters. The highest BCUT2D eigenvalue weighted by atomic mass is 32.2. The van der Waals surface area contributed by atoms with E-state index in [9.17, 15) is 9.59 Å². The van der Waals surface area contributed by atoms with E-state index in [0.717, 1.165) is 5.75 Å². The van der Waals surface area contributed by atoms with Crippen LogP contribution in [-0.2, 0) is 19.1 Å². The lowest BCUT2D eigenvalue weighted by Crippen LogP contribution is -2.28. The number of hydrogen-bond acceptors (Lipinski definition) is 5. The van der Waals surface area contributed by atoms with Crippen molar-refractivity contribution in [1.82, 2.24) is 0 Å². The van der Waals surface area contributed by atoms with E-state index >= 15 is 0 Å². The number of rotatable bonds is 6. The van der Waals surface area contributed by atoms with Crippen LogP contribution < -0.4 is 0 Å². The van der Waals surface area contributed by atoms with Crippen LogP contribution in [-0.4, -0.2) is 36.7 Å². The normalized spacial score (nSPS) is 13.0. The largest absolute Gasteiger partial charge is 0.469 e. The topological polar surface area (TPSA) is 52.6 Å². The van der Waals surface area contributed by atoms with Crippen LogP contribution in [0.2, 0.25) is 0 Å². The van der Waals surface area contributed by atoms with Crippen LogP contribution in [0.5, 0.6) is 0 Å². The summed E-state index contributed by atoms with van der Waals surface area (Å²) in [5, 5.41) is 0. The summed E-state index contributed by atoms with van der Waals surface area (Å²) < 4.78 is 9.87. The van der Waals surface area contributed by atoms with E-state index in [-0.39, 0.29) is 18.4 Å². The number of esters is 2. The molecule has 0 radical (unpaired) electrons. The number of ether oxygens (including phenoxy) is 2. The average molecular weight is 262 g/mol. The lowest BCUT2D eigenvalue weighted by molar-refractivity contribution is -0.160. The third kappa shape index (κ3) is 8.07. The Balaban J connectivity index is 4.32. The van der Waals surface area contributed by atoms with Crippen molar-refractivity contribution in [2.45, 2.75) is 39.2 Å². The quantitative estimate of drug-likeness (QED) is 0.687. The number of hydrogen-bond donors (Lipinski definition) is 0. The van der Waals surface area contributed by atoms with Gasteiger partial charge in [0.1, 0.15) is 5.60 Å². The first kappa shape index (κ1) is 16.3. The van der Waals surface area contributed by atoms with Gasteiger partial charge in [-0.25, -0.2) is 0 Å². The van der Waals surface area contributed by atoms with Crippen LogP contribution in [0.15, 0.2) is 0 Å². The van der Waals surface area contributed by atoms with Crippen molar-refractivity contribution in [2.75, 3.05) is 19.1 Å². The second-order valence-corrected chi connectivity index (χ2v) is 5.78. The van der Waals surface area contributed by atoms with E-state index in [2.05, 4.69) is 4.74 Å². The van der Waals surface area contributed by atoms with E-state index in [4.69, 9.17) is 4.74 Å². The third-order valence-electron chi connectivity index (χ3n) is 2.04. The standard InChI is InChI=1S/C12H22O4S/c1-12(2,3)16-10(13)8-9(6-7-17-5)11(14)15-4/h9H,6-8H2,1-5H3/t9-/m0/s1. The van der Waals surface area contributed by atoms with Gasteiger partial charge in [-0.15, -0.1) is 0 Å². The zero-order valence-electron chi connectivity index (χ0n) is 11.2. The second kappa shape index (κ2) is 7.58. The molecule has 5 heteroatoms. The molecule has 0 aliphatic heterocycles. The van der Waals surface area contributed by atoms with Crippen molar-refractivity contribution in [3.8, 4) is 0 Å². The highest BCUT2D eigenvalue weighted by Gasteiger charge is 2.25. The summed E-state index contributed by atoms with van der Waals surface area (Å²) in [6, 6.07) is 0. The molecule has 0 rings (SSSR count). The minimum atomic E-state index is -0.517. The highest BCUT2D eigenvalue weighted by Crippen LogP contribution is 2.17. The summed E-state index contributed by atoms with van der Waals surface area (Å²) in [5.41, 5.74) is -0.517. The van der Waals surface area contributed by atoms with Crippen LogP contribution in [0.1, 0.15) is 33.6 Å². The van der Waals surface area contributed by atoms with Gasteiger partial charge in [0.2, 0.25) is 0 Å². The molecule has 0 fully saturated rings. The summed E-state index contributed by atoms with van der Waals surface area (Å²) in [7, 11) is 1.34. The van der Waals surface area contributed by atoms with Crippen LogP contribution in [0.4, 0.5) is 0 Å². The maximum Gasteiger partial charge on any atom is 0.309 e. The van der Waals surface area contributed by atoms with Gasteiger partial charge < -0.3 is 9.47 Å². The summed E-state index contributed by atoms with van der Waals surface area (Å²) in [4.78, 5) is 23.1. The predicted octanol–water partition coefficient (Wildman–Crippen LogP) is 2.26. The molecule has 0 aromatic carbocycles. The van der Waals surface area contributed by atoms with Gasteiger partial charge in [-0.05, 0) is 39.2 Å². The Hall–Kier alpha value is -0.710. The van der Waals surface area contributed by atoms with Gasteiger partial charge in [0.05, 0.1) is 19.4 Å². The molecular weight excluding hydrogens is 240 g/mol. The Labute approximate surface area is 107 Å². The van der Waals surface area contributed by atoms with Crippen molar-refractivity contribution < 1.29 is 19.1 Å². The molecule has 100 valence electrons. The molecule has 0 amide bonds. The van der Waals surface area contributed by atoms with Crippen LogP contribution in [0.3, 0.4) is 0 Å². The molecule has 0 saturated carbocycles. The molecule has 0 N–H and O–H groups in total. The maximum absolute atomic E-state index is 11.6. The van der Waals surface area contributed by atoms with Gasteiger partial charge in [0.15, 0.2) is 0 Å². The van der Waals surface area contributed by atoms with E-state index in [0.29, 0.717) is 6.42 Å². The Morgan fingerprint density at radius 1 is 1.29 bits per heavy atom. The second-order valence-electron chi connectivity index (χ2n) is 4.79. The van der Waals surface area contributed by atoms with E-state index in [1.54, 1.807) is 32.5 Å². The lowest BCUT2D eigenvalue weighted by Gasteiger charge is -2.21. The van der Waals surface area contributed by atoms with Gasteiger partial charge in [-0.1, -0.05) is 0 Å². The van der Waals surface area contributed by atoms with Crippen molar-refractivity contribution in [2.24, 2.45) is 5.92 Å². The predicted molar refractivity (Wildman–Crippen MR) is 69.0 cm³/mol. The third-order valence-corrected chi connectivity index (χ3v) is 2.68. The first-order valence-corrected chi connectivity index (χ1v) is 6.98. The molecule has 17 heavy (non-hydrogen) atoms. The Morgan fingerprint density at radius 3 is 2.29 bits per heavy atom. The smallest absolute Gasteiger partial charge is 0.309 e. The first-order chi connectivity index (χ1) is 7.80. The molecular formula is C12H22O4S. The minimum absolute atomic E-state index is 0.0878. The monoisotopic (exact) mass is 262 g/mol. The summed E-state index contributed by atoms with van der Waals surface area (Å²) >= 11 is 1.64. The van der Waals surface area contributed by atoms with Crippen molar-refractivity contribution >= 4 is 23.7 Å². The molecule has 0 aromatic heterocycles. The molecule has 0 spiro atoms. The zero-order valence-corrected chi connectivity index (χ0v) is 12.1. The first-order valence-electron chi connectivity index (χ1n) is 5.58. The maximum atomic E-state index is 11.6. The van der Waals surface area contributed by atoms with E-state index in [1.165, 1.54) is 7.11 Å². The fourth-order valence-electron chi connectivity index (χ4n) is 1.31. The van der Waals surface area contributed by atoms with E-state index in [1.807, 2.05) is 6.26 Å². The molecule has 0 heterocycles. The van der Waals surface area contributed by atoms with Crippen molar-refractivity contribution in [1.29, 1.82) is 0 Å². The number of carbonyl (C=O) groups excluding carboxylic acids is 2. The fraction of sp³-hybridized carbons (Fsp3) is 0.833.